The van der Waals surface area contributed by atoms with Crippen molar-refractivity contribution < 1.29 is 9.47 Å². The number of anilines is 5. The first-order valence-electron chi connectivity index (χ1n) is 13.2. The van der Waals surface area contributed by atoms with Crippen LogP contribution in [0.15, 0.2) is 47.8 Å². The second-order valence-electron chi connectivity index (χ2n) is 9.97. The number of rotatable bonds is 8. The van der Waals surface area contributed by atoms with E-state index in [-0.39, 0.29) is 0 Å². The number of hydrogen-bond acceptors (Lipinski definition) is 9. The first-order valence-corrected chi connectivity index (χ1v) is 14.1. The molecule has 9 heteroatoms. The summed E-state index contributed by atoms with van der Waals surface area (Å²) in [5.41, 5.74) is 4.09. The molecule has 0 amide bonds. The fourth-order valence-corrected chi connectivity index (χ4v) is 6.31. The van der Waals surface area contributed by atoms with Crippen molar-refractivity contribution in [3.8, 4) is 11.5 Å². The van der Waals surface area contributed by atoms with Gasteiger partial charge < -0.3 is 29.9 Å². The summed E-state index contributed by atoms with van der Waals surface area (Å²) in [7, 11) is 3.41. The number of likely N-dealkylation sites (tertiary alicyclic amines) is 1. The average molecular weight is 531 g/mol. The Bertz CT molecular complexity index is 1430. The van der Waals surface area contributed by atoms with Crippen molar-refractivity contribution >= 4 is 50.4 Å². The third kappa shape index (κ3) is 4.96. The number of methoxy groups -OCH3 is 2. The Kier molecular flexibility index (Phi) is 6.95. The zero-order chi connectivity index (χ0) is 26.1. The van der Waals surface area contributed by atoms with Gasteiger partial charge >= 0.3 is 0 Å². The van der Waals surface area contributed by atoms with Gasteiger partial charge in [0.1, 0.15) is 22.1 Å². The lowest BCUT2D eigenvalue weighted by Crippen LogP contribution is -2.50. The third-order valence-corrected chi connectivity index (χ3v) is 8.59. The maximum atomic E-state index is 5.83. The SMILES string of the molecule is COc1cccc(Nc2nc(Nc3ccc(N4CCC(N5CCC5)CC4)c(OC)c3)nc3scc(C)c23)c1. The monoisotopic (exact) mass is 530 g/mol. The number of nitrogens with one attached hydrogen (secondary N) is 2. The molecule has 0 unspecified atom stereocenters. The minimum absolute atomic E-state index is 0.537. The summed E-state index contributed by atoms with van der Waals surface area (Å²) in [6.45, 7) is 6.73. The quantitative estimate of drug-likeness (QED) is 0.280. The van der Waals surface area contributed by atoms with E-state index in [1.54, 1.807) is 25.6 Å². The lowest BCUT2D eigenvalue weighted by molar-refractivity contribution is 0.100. The van der Waals surface area contributed by atoms with Gasteiger partial charge in [-0.3, -0.25) is 0 Å². The van der Waals surface area contributed by atoms with Crippen LogP contribution in [-0.4, -0.2) is 61.3 Å². The molecule has 0 aliphatic carbocycles. The number of aryl methyl sites for hydroxylation is 1. The van der Waals surface area contributed by atoms with Gasteiger partial charge in [-0.25, -0.2) is 4.98 Å². The van der Waals surface area contributed by atoms with Crippen LogP contribution in [0.4, 0.5) is 28.8 Å². The minimum Gasteiger partial charge on any atom is -0.497 e. The van der Waals surface area contributed by atoms with Gasteiger partial charge in [-0.15, -0.1) is 11.3 Å². The van der Waals surface area contributed by atoms with Gasteiger partial charge in [0.15, 0.2) is 0 Å². The van der Waals surface area contributed by atoms with Crippen molar-refractivity contribution in [3.63, 3.8) is 0 Å². The highest BCUT2D eigenvalue weighted by Gasteiger charge is 2.28. The van der Waals surface area contributed by atoms with Crippen LogP contribution < -0.4 is 25.0 Å². The van der Waals surface area contributed by atoms with Gasteiger partial charge in [-0.1, -0.05) is 6.07 Å². The van der Waals surface area contributed by atoms with Gasteiger partial charge in [0.25, 0.3) is 0 Å². The fourth-order valence-electron chi connectivity index (χ4n) is 5.39. The van der Waals surface area contributed by atoms with Crippen LogP contribution in [0.3, 0.4) is 0 Å². The number of thiophene rings is 1. The van der Waals surface area contributed by atoms with Crippen molar-refractivity contribution in [2.24, 2.45) is 0 Å². The Hall–Kier alpha value is -3.56. The molecular weight excluding hydrogens is 496 g/mol. The van der Waals surface area contributed by atoms with Crippen LogP contribution in [-0.2, 0) is 0 Å². The standard InChI is InChI=1S/C29H34N6O2S/c1-19-18-38-28-26(19)27(30-20-6-4-7-23(16-20)36-2)32-29(33-28)31-21-8-9-24(25(17-21)37-3)35-14-10-22(11-15-35)34-12-5-13-34/h4,6-9,16-18,22H,5,10-15H2,1-3H3,(H2,30,31,32,33). The molecule has 2 aromatic heterocycles. The predicted molar refractivity (Wildman–Crippen MR) is 156 cm³/mol. The molecule has 0 bridgehead atoms. The molecule has 38 heavy (non-hydrogen) atoms. The van der Waals surface area contributed by atoms with Crippen LogP contribution in [0, 0.1) is 6.92 Å². The smallest absolute Gasteiger partial charge is 0.230 e. The average Bonchev–Trinajstić information content (AvgIpc) is 3.29. The highest BCUT2D eigenvalue weighted by Crippen LogP contribution is 2.36. The number of fused-ring (bicyclic) bond motifs is 1. The maximum absolute atomic E-state index is 5.83. The molecule has 2 N–H and O–H groups in total. The van der Waals surface area contributed by atoms with Crippen LogP contribution in [0.1, 0.15) is 24.8 Å². The normalized spacial score (nSPS) is 16.3. The summed E-state index contributed by atoms with van der Waals surface area (Å²) < 4.78 is 11.2. The lowest BCUT2D eigenvalue weighted by Gasteiger charge is -2.43. The van der Waals surface area contributed by atoms with Crippen LogP contribution >= 0.6 is 11.3 Å². The molecule has 6 rings (SSSR count). The summed E-state index contributed by atoms with van der Waals surface area (Å²) >= 11 is 1.62. The summed E-state index contributed by atoms with van der Waals surface area (Å²) in [5, 5.41) is 10.0. The topological polar surface area (TPSA) is 74.8 Å². The number of piperidine rings is 1. The third-order valence-electron chi connectivity index (χ3n) is 7.60. The van der Waals surface area contributed by atoms with E-state index in [0.29, 0.717) is 5.95 Å². The van der Waals surface area contributed by atoms with E-state index in [1.807, 2.05) is 30.3 Å². The lowest BCUT2D eigenvalue weighted by atomic mass is 9.99. The minimum atomic E-state index is 0.537. The molecule has 2 aromatic carbocycles. The van der Waals surface area contributed by atoms with Gasteiger partial charge in [0.2, 0.25) is 5.95 Å². The second kappa shape index (κ2) is 10.7. The Morgan fingerprint density at radius 2 is 1.74 bits per heavy atom. The Balaban J connectivity index is 1.23. The van der Waals surface area contributed by atoms with E-state index in [2.05, 4.69) is 44.9 Å². The van der Waals surface area contributed by atoms with Crippen molar-refractivity contribution in [1.29, 1.82) is 0 Å². The Morgan fingerprint density at radius 1 is 0.921 bits per heavy atom. The summed E-state index contributed by atoms with van der Waals surface area (Å²) in [6, 6.07) is 14.9. The van der Waals surface area contributed by atoms with E-state index in [0.717, 1.165) is 69.3 Å². The van der Waals surface area contributed by atoms with Crippen molar-refractivity contribution in [3.05, 3.63) is 53.4 Å². The largest absolute Gasteiger partial charge is 0.497 e. The molecule has 0 spiro atoms. The Labute approximate surface area is 227 Å². The number of nitrogens with zero attached hydrogens (tertiary/aromatic N) is 4. The molecule has 0 atom stereocenters. The van der Waals surface area contributed by atoms with Crippen molar-refractivity contribution in [2.75, 3.05) is 55.9 Å². The molecule has 2 aliphatic heterocycles. The molecule has 4 aromatic rings. The first kappa shape index (κ1) is 24.8. The first-order chi connectivity index (χ1) is 18.6. The number of aromatic nitrogens is 2. The van der Waals surface area contributed by atoms with E-state index < -0.39 is 0 Å². The van der Waals surface area contributed by atoms with Gasteiger partial charge in [0, 0.05) is 42.6 Å². The summed E-state index contributed by atoms with van der Waals surface area (Å²) in [6.07, 6.45) is 3.77. The van der Waals surface area contributed by atoms with Crippen LogP contribution in [0.5, 0.6) is 11.5 Å². The second-order valence-corrected chi connectivity index (χ2v) is 10.8. The molecule has 4 heterocycles. The molecule has 2 saturated heterocycles. The number of hydrogen-bond donors (Lipinski definition) is 2. The number of ether oxygens (including phenoxy) is 2. The number of benzene rings is 2. The maximum Gasteiger partial charge on any atom is 0.230 e. The van der Waals surface area contributed by atoms with Crippen LogP contribution in [0.2, 0.25) is 0 Å². The van der Waals surface area contributed by atoms with Gasteiger partial charge in [-0.2, -0.15) is 4.98 Å². The zero-order valence-corrected chi connectivity index (χ0v) is 23.0. The van der Waals surface area contributed by atoms with E-state index >= 15 is 0 Å². The fraction of sp³-hybridized carbons (Fsp3) is 0.379. The van der Waals surface area contributed by atoms with Gasteiger partial charge in [0.05, 0.1) is 25.3 Å². The van der Waals surface area contributed by atoms with Gasteiger partial charge in [-0.05, 0) is 74.5 Å². The molecule has 198 valence electrons. The predicted octanol–water partition coefficient (Wildman–Crippen LogP) is 6.18. The van der Waals surface area contributed by atoms with E-state index in [4.69, 9.17) is 19.4 Å². The molecule has 2 fully saturated rings. The van der Waals surface area contributed by atoms with Crippen LogP contribution in [0.25, 0.3) is 10.2 Å². The highest BCUT2D eigenvalue weighted by molar-refractivity contribution is 7.17. The van der Waals surface area contributed by atoms with E-state index in [9.17, 15) is 0 Å². The zero-order valence-electron chi connectivity index (χ0n) is 22.2. The highest BCUT2D eigenvalue weighted by atomic mass is 32.1. The Morgan fingerprint density at radius 3 is 2.47 bits per heavy atom. The molecular formula is C29H34N6O2S. The molecule has 0 radical (unpaired) electrons. The molecule has 2 aliphatic rings. The molecule has 0 saturated carbocycles. The van der Waals surface area contributed by atoms with Crippen molar-refractivity contribution in [2.45, 2.75) is 32.2 Å². The van der Waals surface area contributed by atoms with Crippen molar-refractivity contribution in [1.82, 2.24) is 14.9 Å². The summed E-state index contributed by atoms with van der Waals surface area (Å²) in [4.78, 5) is 15.7. The molecule has 8 nitrogen and oxygen atoms in total. The summed E-state index contributed by atoms with van der Waals surface area (Å²) in [5.74, 6) is 2.95. The van der Waals surface area contributed by atoms with E-state index in [1.165, 1.54) is 32.4 Å².